The van der Waals surface area contributed by atoms with Crippen molar-refractivity contribution in [3.63, 3.8) is 0 Å². The first-order valence-corrected chi connectivity index (χ1v) is 5.11. The molecular weight excluding hydrogens is 248 g/mol. The van der Waals surface area contributed by atoms with Crippen molar-refractivity contribution in [3.8, 4) is 0 Å². The van der Waals surface area contributed by atoms with Crippen LogP contribution in [0.3, 0.4) is 0 Å². The minimum Gasteiger partial charge on any atom is -0.480 e. The number of halogens is 1. The standard InChI is InChI=1S/C10H11ClN2O4/c1-12(6-10(14)15)5-7-4-8(13(16)17)2-3-9(7)11/h2-4H,5-6H2,1H3,(H,14,15). The molecule has 0 aliphatic rings. The lowest BCUT2D eigenvalue weighted by molar-refractivity contribution is -0.384. The van der Waals surface area contributed by atoms with Gasteiger partial charge in [-0.2, -0.15) is 0 Å². The number of rotatable bonds is 5. The Kier molecular flexibility index (Phi) is 4.42. The molecule has 1 aromatic carbocycles. The summed E-state index contributed by atoms with van der Waals surface area (Å²) >= 11 is 5.88. The monoisotopic (exact) mass is 258 g/mol. The summed E-state index contributed by atoms with van der Waals surface area (Å²) in [5.74, 6) is -0.964. The van der Waals surface area contributed by atoms with Crippen molar-refractivity contribution in [3.05, 3.63) is 38.9 Å². The molecule has 92 valence electrons. The Morgan fingerprint density at radius 1 is 1.59 bits per heavy atom. The lowest BCUT2D eigenvalue weighted by atomic mass is 10.2. The smallest absolute Gasteiger partial charge is 0.317 e. The Morgan fingerprint density at radius 2 is 2.24 bits per heavy atom. The molecule has 0 fully saturated rings. The van der Waals surface area contributed by atoms with Crippen molar-refractivity contribution >= 4 is 23.3 Å². The van der Waals surface area contributed by atoms with Gasteiger partial charge in [-0.15, -0.1) is 0 Å². The number of nitrogens with zero attached hydrogens (tertiary/aromatic N) is 2. The van der Waals surface area contributed by atoms with Gasteiger partial charge in [-0.3, -0.25) is 19.8 Å². The zero-order chi connectivity index (χ0) is 13.0. The third-order valence-corrected chi connectivity index (χ3v) is 2.45. The van der Waals surface area contributed by atoms with Gasteiger partial charge in [0, 0.05) is 23.7 Å². The normalized spacial score (nSPS) is 10.5. The van der Waals surface area contributed by atoms with Crippen molar-refractivity contribution in [1.82, 2.24) is 4.90 Å². The van der Waals surface area contributed by atoms with Gasteiger partial charge in [0.15, 0.2) is 0 Å². The van der Waals surface area contributed by atoms with E-state index in [2.05, 4.69) is 0 Å². The lowest BCUT2D eigenvalue weighted by Gasteiger charge is -2.14. The number of nitro groups is 1. The van der Waals surface area contributed by atoms with Crippen LogP contribution in [0.25, 0.3) is 0 Å². The molecule has 1 rings (SSSR count). The fraction of sp³-hybridized carbons (Fsp3) is 0.300. The predicted octanol–water partition coefficient (Wildman–Crippen LogP) is 1.76. The van der Waals surface area contributed by atoms with Gasteiger partial charge in [0.25, 0.3) is 5.69 Å². The Labute approximate surface area is 103 Å². The van der Waals surface area contributed by atoms with Crippen LogP contribution < -0.4 is 0 Å². The van der Waals surface area contributed by atoms with Gasteiger partial charge in [0.1, 0.15) is 0 Å². The second-order valence-electron chi connectivity index (χ2n) is 3.60. The summed E-state index contributed by atoms with van der Waals surface area (Å²) in [6, 6.07) is 4.09. The SMILES string of the molecule is CN(CC(=O)O)Cc1cc([N+](=O)[O-])ccc1Cl. The summed E-state index contributed by atoms with van der Waals surface area (Å²) in [5.41, 5.74) is 0.470. The second kappa shape index (κ2) is 5.60. The summed E-state index contributed by atoms with van der Waals surface area (Å²) in [6.07, 6.45) is 0. The van der Waals surface area contributed by atoms with E-state index in [1.165, 1.54) is 23.1 Å². The van der Waals surface area contributed by atoms with Crippen LogP contribution in [-0.4, -0.2) is 34.5 Å². The van der Waals surface area contributed by atoms with Gasteiger partial charge < -0.3 is 5.11 Å². The highest BCUT2D eigenvalue weighted by Crippen LogP contribution is 2.22. The molecule has 0 aliphatic carbocycles. The van der Waals surface area contributed by atoms with Crippen molar-refractivity contribution in [2.45, 2.75) is 6.54 Å². The molecule has 7 heteroatoms. The lowest BCUT2D eigenvalue weighted by Crippen LogP contribution is -2.25. The van der Waals surface area contributed by atoms with Gasteiger partial charge >= 0.3 is 5.97 Å². The molecule has 0 heterocycles. The highest BCUT2D eigenvalue weighted by Gasteiger charge is 2.12. The predicted molar refractivity (Wildman–Crippen MR) is 62.1 cm³/mol. The summed E-state index contributed by atoms with van der Waals surface area (Å²) in [7, 11) is 1.60. The molecule has 17 heavy (non-hydrogen) atoms. The maximum Gasteiger partial charge on any atom is 0.317 e. The average Bonchev–Trinajstić information content (AvgIpc) is 2.19. The molecule has 0 saturated carbocycles. The topological polar surface area (TPSA) is 83.7 Å². The van der Waals surface area contributed by atoms with Crippen LogP contribution >= 0.6 is 11.6 Å². The molecule has 0 bridgehead atoms. The van der Waals surface area contributed by atoms with Crippen LogP contribution in [0.5, 0.6) is 0 Å². The van der Waals surface area contributed by atoms with Crippen LogP contribution in [0.15, 0.2) is 18.2 Å². The van der Waals surface area contributed by atoms with Crippen LogP contribution in [0.1, 0.15) is 5.56 Å². The zero-order valence-electron chi connectivity index (χ0n) is 9.09. The molecular formula is C10H11ClN2O4. The number of carboxylic acids is 1. The van der Waals surface area contributed by atoms with Gasteiger partial charge in [0.05, 0.1) is 11.5 Å². The molecule has 1 aromatic rings. The highest BCUT2D eigenvalue weighted by atomic mass is 35.5. The maximum atomic E-state index is 10.6. The van der Waals surface area contributed by atoms with Crippen molar-refractivity contribution in [2.24, 2.45) is 0 Å². The number of benzene rings is 1. The number of nitro benzene ring substituents is 1. The highest BCUT2D eigenvalue weighted by molar-refractivity contribution is 6.31. The van der Waals surface area contributed by atoms with Crippen molar-refractivity contribution in [2.75, 3.05) is 13.6 Å². The Bertz CT molecular complexity index is 450. The average molecular weight is 259 g/mol. The van der Waals surface area contributed by atoms with Gasteiger partial charge in [-0.05, 0) is 18.7 Å². The second-order valence-corrected chi connectivity index (χ2v) is 4.01. The number of aliphatic carboxylic acids is 1. The van der Waals surface area contributed by atoms with Crippen LogP contribution in [0.4, 0.5) is 5.69 Å². The van der Waals surface area contributed by atoms with Gasteiger partial charge in [-0.1, -0.05) is 11.6 Å². The molecule has 0 aromatic heterocycles. The van der Waals surface area contributed by atoms with E-state index in [1.54, 1.807) is 7.05 Å². The van der Waals surface area contributed by atoms with E-state index in [4.69, 9.17) is 16.7 Å². The quantitative estimate of drug-likeness (QED) is 0.643. The molecule has 0 saturated heterocycles. The molecule has 6 nitrogen and oxygen atoms in total. The van der Waals surface area contributed by atoms with Crippen molar-refractivity contribution < 1.29 is 14.8 Å². The van der Waals surface area contributed by atoms with E-state index >= 15 is 0 Å². The van der Waals surface area contributed by atoms with Crippen molar-refractivity contribution in [1.29, 1.82) is 0 Å². The number of hydrogen-bond acceptors (Lipinski definition) is 4. The fourth-order valence-corrected chi connectivity index (χ4v) is 1.55. The first kappa shape index (κ1) is 13.4. The number of carbonyl (C=O) groups is 1. The number of likely N-dealkylation sites (N-methyl/N-ethyl adjacent to an activating group) is 1. The first-order valence-electron chi connectivity index (χ1n) is 4.73. The molecule has 0 unspecified atom stereocenters. The minimum absolute atomic E-state index is 0.0619. The van der Waals surface area contributed by atoms with Gasteiger partial charge in [-0.25, -0.2) is 0 Å². The van der Waals surface area contributed by atoms with Gasteiger partial charge in [0.2, 0.25) is 0 Å². The van der Waals surface area contributed by atoms with E-state index in [0.29, 0.717) is 10.6 Å². The molecule has 1 N–H and O–H groups in total. The third-order valence-electron chi connectivity index (χ3n) is 2.09. The molecule has 0 aliphatic heterocycles. The van der Waals surface area contributed by atoms with E-state index in [1.807, 2.05) is 0 Å². The van der Waals surface area contributed by atoms with Crippen LogP contribution in [0, 0.1) is 10.1 Å². The summed E-state index contributed by atoms with van der Waals surface area (Å²) < 4.78 is 0. The number of non-ortho nitro benzene ring substituents is 1. The Balaban J connectivity index is 2.86. The fourth-order valence-electron chi connectivity index (χ4n) is 1.37. The minimum atomic E-state index is -0.964. The summed E-state index contributed by atoms with van der Waals surface area (Å²) in [4.78, 5) is 22.1. The number of hydrogen-bond donors (Lipinski definition) is 1. The molecule has 0 spiro atoms. The zero-order valence-corrected chi connectivity index (χ0v) is 9.85. The van der Waals surface area contributed by atoms with E-state index in [0.717, 1.165) is 0 Å². The first-order chi connectivity index (χ1) is 7.90. The largest absolute Gasteiger partial charge is 0.480 e. The Morgan fingerprint density at radius 3 is 2.76 bits per heavy atom. The summed E-state index contributed by atoms with van der Waals surface area (Å²) in [5, 5.41) is 19.6. The molecule has 0 radical (unpaired) electrons. The van der Waals surface area contributed by atoms with E-state index in [-0.39, 0.29) is 18.8 Å². The number of carboxylic acid groups (broad SMARTS) is 1. The third kappa shape index (κ3) is 4.01. The molecule has 0 atom stereocenters. The van der Waals surface area contributed by atoms with E-state index in [9.17, 15) is 14.9 Å². The maximum absolute atomic E-state index is 10.6. The molecule has 0 amide bonds. The van der Waals surface area contributed by atoms with E-state index < -0.39 is 10.9 Å². The van der Waals surface area contributed by atoms with Crippen LogP contribution in [-0.2, 0) is 11.3 Å². The van der Waals surface area contributed by atoms with Crippen LogP contribution in [0.2, 0.25) is 5.02 Å². The summed E-state index contributed by atoms with van der Waals surface area (Å²) in [6.45, 7) is 0.0891. The Hall–Kier alpha value is -1.66.